The lowest BCUT2D eigenvalue weighted by molar-refractivity contribution is 0.235. The maximum Gasteiger partial charge on any atom is 0.0582 e. The second kappa shape index (κ2) is 6.42. The fourth-order valence-corrected chi connectivity index (χ4v) is 3.84. The topological polar surface area (TPSA) is 48.0 Å². The van der Waals surface area contributed by atoms with Gasteiger partial charge in [-0.1, -0.05) is 36.4 Å². The fourth-order valence-electron chi connectivity index (χ4n) is 3.84. The number of aliphatic hydroxyl groups is 1. The summed E-state index contributed by atoms with van der Waals surface area (Å²) in [6.45, 7) is 2.20. The van der Waals surface area contributed by atoms with Gasteiger partial charge in [-0.2, -0.15) is 0 Å². The van der Waals surface area contributed by atoms with Gasteiger partial charge in [-0.15, -0.1) is 0 Å². The fraction of sp³-hybridized carbons (Fsp3) is 0.333. The number of H-pyrrole nitrogens is 1. The average Bonchev–Trinajstić information content (AvgIpc) is 3.01. The van der Waals surface area contributed by atoms with Crippen LogP contribution >= 0.6 is 0 Å². The summed E-state index contributed by atoms with van der Waals surface area (Å²) in [7, 11) is 0. The molecule has 2 aromatic carbocycles. The lowest BCUT2D eigenvalue weighted by atomic mass is 9.90. The SMILES string of the molecule is CC(CO)NC1CCCc2c1[nH]c1ccc(-c3ccccc3)cc21. The van der Waals surface area contributed by atoms with Crippen LogP contribution < -0.4 is 5.32 Å². The molecule has 3 nitrogen and oxygen atoms in total. The first-order chi connectivity index (χ1) is 11.8. The number of aromatic nitrogens is 1. The van der Waals surface area contributed by atoms with Crippen LogP contribution in [0.1, 0.15) is 37.1 Å². The van der Waals surface area contributed by atoms with Gasteiger partial charge in [0.25, 0.3) is 0 Å². The predicted molar refractivity (Wildman–Crippen MR) is 99.1 cm³/mol. The van der Waals surface area contributed by atoms with Crippen molar-refractivity contribution in [1.82, 2.24) is 10.3 Å². The molecule has 0 saturated heterocycles. The highest BCUT2D eigenvalue weighted by atomic mass is 16.3. The summed E-state index contributed by atoms with van der Waals surface area (Å²) in [6.07, 6.45) is 3.43. The Balaban J connectivity index is 1.76. The quantitative estimate of drug-likeness (QED) is 0.675. The van der Waals surface area contributed by atoms with Crippen LogP contribution in [-0.2, 0) is 6.42 Å². The van der Waals surface area contributed by atoms with E-state index in [0.29, 0.717) is 6.04 Å². The van der Waals surface area contributed by atoms with Gasteiger partial charge < -0.3 is 15.4 Å². The number of rotatable bonds is 4. The van der Waals surface area contributed by atoms with Crippen molar-refractivity contribution in [3.05, 3.63) is 59.8 Å². The third kappa shape index (κ3) is 2.74. The molecule has 1 aliphatic rings. The minimum Gasteiger partial charge on any atom is -0.395 e. The van der Waals surface area contributed by atoms with Gasteiger partial charge in [0.1, 0.15) is 0 Å². The van der Waals surface area contributed by atoms with E-state index in [4.69, 9.17) is 0 Å². The van der Waals surface area contributed by atoms with Gasteiger partial charge in [-0.05, 0) is 55.0 Å². The van der Waals surface area contributed by atoms with E-state index in [1.165, 1.54) is 39.7 Å². The molecular weight excluding hydrogens is 296 g/mol. The van der Waals surface area contributed by atoms with Crippen molar-refractivity contribution in [3.63, 3.8) is 0 Å². The lowest BCUT2D eigenvalue weighted by Crippen LogP contribution is -2.35. The molecule has 0 bridgehead atoms. The highest BCUT2D eigenvalue weighted by molar-refractivity contribution is 5.89. The number of nitrogens with one attached hydrogen (secondary N) is 2. The van der Waals surface area contributed by atoms with Crippen LogP contribution in [0.3, 0.4) is 0 Å². The highest BCUT2D eigenvalue weighted by Gasteiger charge is 2.25. The largest absolute Gasteiger partial charge is 0.395 e. The summed E-state index contributed by atoms with van der Waals surface area (Å²) in [5, 5.41) is 14.2. The number of aryl methyl sites for hydroxylation is 1. The zero-order valence-corrected chi connectivity index (χ0v) is 14.0. The molecule has 4 rings (SSSR count). The van der Waals surface area contributed by atoms with Gasteiger partial charge >= 0.3 is 0 Å². The van der Waals surface area contributed by atoms with Crippen molar-refractivity contribution >= 4 is 10.9 Å². The summed E-state index contributed by atoms with van der Waals surface area (Å²) in [4.78, 5) is 3.63. The van der Waals surface area contributed by atoms with Gasteiger partial charge in [0.2, 0.25) is 0 Å². The molecule has 2 atom stereocenters. The molecular formula is C21H24N2O. The van der Waals surface area contributed by atoms with Gasteiger partial charge in [0.15, 0.2) is 0 Å². The second-order valence-electron chi connectivity index (χ2n) is 6.84. The number of aromatic amines is 1. The normalized spacial score (nSPS) is 18.5. The maximum absolute atomic E-state index is 9.34. The molecule has 0 saturated carbocycles. The first kappa shape index (κ1) is 15.4. The molecule has 1 aromatic heterocycles. The second-order valence-corrected chi connectivity index (χ2v) is 6.84. The molecule has 124 valence electrons. The molecule has 0 radical (unpaired) electrons. The summed E-state index contributed by atoms with van der Waals surface area (Å²) >= 11 is 0. The Hall–Kier alpha value is -2.10. The molecule has 0 spiro atoms. The van der Waals surface area contributed by atoms with E-state index in [1.807, 2.05) is 6.92 Å². The molecule has 1 heterocycles. The Morgan fingerprint density at radius 3 is 2.79 bits per heavy atom. The number of benzene rings is 2. The molecule has 3 heteroatoms. The minimum absolute atomic E-state index is 0.118. The van der Waals surface area contributed by atoms with Crippen LogP contribution in [0.15, 0.2) is 48.5 Å². The number of hydrogen-bond acceptors (Lipinski definition) is 2. The first-order valence-corrected chi connectivity index (χ1v) is 8.83. The smallest absolute Gasteiger partial charge is 0.0582 e. The lowest BCUT2D eigenvalue weighted by Gasteiger charge is -2.26. The Kier molecular flexibility index (Phi) is 4.13. The van der Waals surface area contributed by atoms with Crippen molar-refractivity contribution in [2.24, 2.45) is 0 Å². The van der Waals surface area contributed by atoms with Crippen LogP contribution in [0, 0.1) is 0 Å². The van der Waals surface area contributed by atoms with Gasteiger partial charge in [0.05, 0.1) is 6.61 Å². The van der Waals surface area contributed by atoms with Gasteiger partial charge in [0, 0.05) is 28.7 Å². The van der Waals surface area contributed by atoms with Gasteiger partial charge in [-0.25, -0.2) is 0 Å². The van der Waals surface area contributed by atoms with Crippen LogP contribution in [0.5, 0.6) is 0 Å². The zero-order valence-electron chi connectivity index (χ0n) is 14.0. The average molecular weight is 320 g/mol. The summed E-state index contributed by atoms with van der Waals surface area (Å²) in [5.74, 6) is 0. The van der Waals surface area contributed by atoms with E-state index < -0.39 is 0 Å². The van der Waals surface area contributed by atoms with Gasteiger partial charge in [-0.3, -0.25) is 0 Å². The maximum atomic E-state index is 9.34. The van der Waals surface area contributed by atoms with Crippen LogP contribution in [0.4, 0.5) is 0 Å². The first-order valence-electron chi connectivity index (χ1n) is 8.83. The zero-order chi connectivity index (χ0) is 16.5. The summed E-state index contributed by atoms with van der Waals surface area (Å²) in [6, 6.07) is 17.7. The summed E-state index contributed by atoms with van der Waals surface area (Å²) in [5.41, 5.74) is 6.49. The Labute approximate surface area is 142 Å². The highest BCUT2D eigenvalue weighted by Crippen LogP contribution is 2.36. The molecule has 0 amide bonds. The van der Waals surface area contributed by atoms with Crippen molar-refractivity contribution in [3.8, 4) is 11.1 Å². The number of fused-ring (bicyclic) bond motifs is 3. The van der Waals surface area contributed by atoms with E-state index in [0.717, 1.165) is 12.8 Å². The molecule has 3 aromatic rings. The Morgan fingerprint density at radius 1 is 1.17 bits per heavy atom. The van der Waals surface area contributed by atoms with Crippen molar-refractivity contribution in [2.45, 2.75) is 38.3 Å². The Bertz CT molecular complexity index is 838. The third-order valence-corrected chi connectivity index (χ3v) is 5.07. The van der Waals surface area contributed by atoms with Crippen LogP contribution in [0.2, 0.25) is 0 Å². The van der Waals surface area contributed by atoms with E-state index in [9.17, 15) is 5.11 Å². The molecule has 0 fully saturated rings. The molecule has 1 aliphatic carbocycles. The standard InChI is InChI=1S/C21H24N2O/c1-14(13-24)22-20-9-5-8-17-18-12-16(15-6-3-2-4-7-15)10-11-19(18)23-21(17)20/h2-4,6-7,10-12,14,20,22-24H,5,8-9,13H2,1H3. The van der Waals surface area contributed by atoms with Crippen molar-refractivity contribution in [1.29, 1.82) is 0 Å². The van der Waals surface area contributed by atoms with E-state index in [2.05, 4.69) is 58.8 Å². The molecule has 3 N–H and O–H groups in total. The third-order valence-electron chi connectivity index (χ3n) is 5.07. The monoisotopic (exact) mass is 320 g/mol. The molecule has 24 heavy (non-hydrogen) atoms. The minimum atomic E-state index is 0.118. The van der Waals surface area contributed by atoms with E-state index in [1.54, 1.807) is 0 Å². The van der Waals surface area contributed by atoms with Crippen molar-refractivity contribution < 1.29 is 5.11 Å². The number of aliphatic hydroxyl groups excluding tert-OH is 1. The van der Waals surface area contributed by atoms with E-state index in [-0.39, 0.29) is 12.6 Å². The Morgan fingerprint density at radius 2 is 2.00 bits per heavy atom. The van der Waals surface area contributed by atoms with Crippen molar-refractivity contribution in [2.75, 3.05) is 6.61 Å². The van der Waals surface area contributed by atoms with E-state index >= 15 is 0 Å². The predicted octanol–water partition coefficient (Wildman–Crippen LogP) is 4.18. The molecule has 0 aliphatic heterocycles. The molecule has 2 unspecified atom stereocenters. The van der Waals surface area contributed by atoms with Crippen LogP contribution in [0.25, 0.3) is 22.0 Å². The number of hydrogen-bond donors (Lipinski definition) is 3. The van der Waals surface area contributed by atoms with Crippen LogP contribution in [-0.4, -0.2) is 22.7 Å². The summed E-state index contributed by atoms with van der Waals surface area (Å²) < 4.78 is 0.